The lowest BCUT2D eigenvalue weighted by atomic mass is 9.97. The molecule has 0 saturated carbocycles. The minimum atomic E-state index is -3.10. The molecule has 2 heterocycles. The Kier molecular flexibility index (Phi) is 4.26. The predicted molar refractivity (Wildman–Crippen MR) is 82.7 cm³/mol. The van der Waals surface area contributed by atoms with Crippen LogP contribution >= 0.6 is 0 Å². The molecule has 0 spiro atoms. The molecule has 6 nitrogen and oxygen atoms in total. The number of benzene rings is 1. The summed E-state index contributed by atoms with van der Waals surface area (Å²) in [5.41, 5.74) is 0.896. The van der Waals surface area contributed by atoms with Gasteiger partial charge in [-0.15, -0.1) is 0 Å². The highest BCUT2D eigenvalue weighted by atomic mass is 32.2. The van der Waals surface area contributed by atoms with Crippen molar-refractivity contribution in [3.8, 4) is 11.5 Å². The van der Waals surface area contributed by atoms with Gasteiger partial charge >= 0.3 is 0 Å². The third kappa shape index (κ3) is 3.05. The maximum absolute atomic E-state index is 11.9. The lowest BCUT2D eigenvalue weighted by molar-refractivity contribution is 0.307. The van der Waals surface area contributed by atoms with Gasteiger partial charge < -0.3 is 4.52 Å². The molecule has 1 aromatic carbocycles. The summed E-state index contributed by atoms with van der Waals surface area (Å²) < 4.78 is 30.6. The highest BCUT2D eigenvalue weighted by Gasteiger charge is 2.29. The summed E-state index contributed by atoms with van der Waals surface area (Å²) in [6.07, 6.45) is 1.46. The summed E-state index contributed by atoms with van der Waals surface area (Å²) in [6.45, 7) is 2.72. The Hall–Kier alpha value is -1.73. The van der Waals surface area contributed by atoms with E-state index in [9.17, 15) is 8.42 Å². The van der Waals surface area contributed by atoms with E-state index in [-0.39, 0.29) is 11.7 Å². The lowest BCUT2D eigenvalue weighted by Gasteiger charge is -2.29. The van der Waals surface area contributed by atoms with E-state index < -0.39 is 10.0 Å². The van der Waals surface area contributed by atoms with Crippen LogP contribution in [0.25, 0.3) is 11.5 Å². The van der Waals surface area contributed by atoms with Crippen LogP contribution in [0.2, 0.25) is 0 Å². The lowest BCUT2D eigenvalue weighted by Crippen LogP contribution is -2.38. The van der Waals surface area contributed by atoms with Crippen LogP contribution in [0.3, 0.4) is 0 Å². The quantitative estimate of drug-likeness (QED) is 0.863. The van der Waals surface area contributed by atoms with Crippen LogP contribution in [0.1, 0.15) is 31.5 Å². The van der Waals surface area contributed by atoms with Crippen LogP contribution in [-0.2, 0) is 10.0 Å². The zero-order chi connectivity index (χ0) is 15.6. The molecule has 0 amide bonds. The van der Waals surface area contributed by atoms with Gasteiger partial charge in [0.1, 0.15) is 0 Å². The molecule has 0 aliphatic carbocycles. The Bertz CT molecular complexity index is 720. The number of aromatic nitrogens is 2. The molecular weight excluding hydrogens is 302 g/mol. The van der Waals surface area contributed by atoms with E-state index in [1.54, 1.807) is 11.2 Å². The average Bonchev–Trinajstić information content (AvgIpc) is 3.06. The summed E-state index contributed by atoms with van der Waals surface area (Å²) in [4.78, 5) is 4.47. The SMILES string of the molecule is CCS(=O)(=O)N1CCC(c2noc(-c3ccccc3)n2)CC1. The van der Waals surface area contributed by atoms with Crippen molar-refractivity contribution in [1.82, 2.24) is 14.4 Å². The van der Waals surface area contributed by atoms with Gasteiger partial charge in [-0.05, 0) is 31.9 Å². The van der Waals surface area contributed by atoms with Crippen molar-refractivity contribution in [3.63, 3.8) is 0 Å². The van der Waals surface area contributed by atoms with E-state index >= 15 is 0 Å². The van der Waals surface area contributed by atoms with Gasteiger partial charge in [0, 0.05) is 24.6 Å². The number of piperidine rings is 1. The molecule has 0 atom stereocenters. The number of rotatable bonds is 4. The third-order valence-electron chi connectivity index (χ3n) is 4.04. The molecule has 1 aliphatic heterocycles. The van der Waals surface area contributed by atoms with E-state index in [1.165, 1.54) is 0 Å². The Morgan fingerprint density at radius 2 is 1.91 bits per heavy atom. The summed E-state index contributed by atoms with van der Waals surface area (Å²) in [5.74, 6) is 1.49. The Labute approximate surface area is 130 Å². The fraction of sp³-hybridized carbons (Fsp3) is 0.467. The molecule has 118 valence electrons. The molecule has 1 fully saturated rings. The maximum Gasteiger partial charge on any atom is 0.257 e. The minimum Gasteiger partial charge on any atom is -0.334 e. The molecule has 1 aliphatic rings. The van der Waals surface area contributed by atoms with E-state index in [4.69, 9.17) is 4.52 Å². The van der Waals surface area contributed by atoms with E-state index in [0.29, 0.717) is 24.8 Å². The topological polar surface area (TPSA) is 76.3 Å². The second-order valence-electron chi connectivity index (χ2n) is 5.40. The van der Waals surface area contributed by atoms with Crippen LogP contribution in [0.15, 0.2) is 34.9 Å². The molecule has 7 heteroatoms. The first kappa shape index (κ1) is 15.2. The normalized spacial score (nSPS) is 17.7. The molecule has 0 N–H and O–H groups in total. The van der Waals surface area contributed by atoms with Crippen molar-refractivity contribution in [2.75, 3.05) is 18.8 Å². The second kappa shape index (κ2) is 6.18. The van der Waals surface area contributed by atoms with Crippen molar-refractivity contribution >= 4 is 10.0 Å². The molecule has 3 rings (SSSR count). The molecule has 1 saturated heterocycles. The zero-order valence-electron chi connectivity index (χ0n) is 12.5. The Morgan fingerprint density at radius 3 is 2.55 bits per heavy atom. The highest BCUT2D eigenvalue weighted by molar-refractivity contribution is 7.89. The first-order valence-electron chi connectivity index (χ1n) is 7.47. The van der Waals surface area contributed by atoms with Crippen molar-refractivity contribution in [1.29, 1.82) is 0 Å². The van der Waals surface area contributed by atoms with Gasteiger partial charge in [-0.2, -0.15) is 4.98 Å². The summed E-state index contributed by atoms with van der Waals surface area (Å²) >= 11 is 0. The number of nitrogens with zero attached hydrogens (tertiary/aromatic N) is 3. The van der Waals surface area contributed by atoms with Gasteiger partial charge in [-0.25, -0.2) is 12.7 Å². The summed E-state index contributed by atoms with van der Waals surface area (Å²) in [7, 11) is -3.10. The van der Waals surface area contributed by atoms with Gasteiger partial charge in [-0.3, -0.25) is 0 Å². The molecule has 1 aromatic heterocycles. The van der Waals surface area contributed by atoms with Gasteiger partial charge in [0.2, 0.25) is 10.0 Å². The monoisotopic (exact) mass is 321 g/mol. The fourth-order valence-corrected chi connectivity index (χ4v) is 3.81. The first-order chi connectivity index (χ1) is 10.6. The number of sulfonamides is 1. The van der Waals surface area contributed by atoms with Crippen LogP contribution < -0.4 is 0 Å². The maximum atomic E-state index is 11.9. The smallest absolute Gasteiger partial charge is 0.257 e. The van der Waals surface area contributed by atoms with E-state index in [1.807, 2.05) is 30.3 Å². The van der Waals surface area contributed by atoms with Crippen LogP contribution in [0.5, 0.6) is 0 Å². The summed E-state index contributed by atoms with van der Waals surface area (Å²) in [6, 6.07) is 9.63. The van der Waals surface area contributed by atoms with Gasteiger partial charge in [0.05, 0.1) is 5.75 Å². The van der Waals surface area contributed by atoms with Crippen molar-refractivity contribution in [3.05, 3.63) is 36.2 Å². The van der Waals surface area contributed by atoms with Crippen molar-refractivity contribution < 1.29 is 12.9 Å². The van der Waals surface area contributed by atoms with E-state index in [0.717, 1.165) is 18.4 Å². The molecule has 0 unspecified atom stereocenters. The predicted octanol–water partition coefficient (Wildman–Crippen LogP) is 2.27. The fourth-order valence-electron chi connectivity index (χ4n) is 2.67. The van der Waals surface area contributed by atoms with E-state index in [2.05, 4.69) is 10.1 Å². The molecule has 2 aromatic rings. The highest BCUT2D eigenvalue weighted by Crippen LogP contribution is 2.29. The largest absolute Gasteiger partial charge is 0.334 e. The standard InChI is InChI=1S/C15H19N3O3S/c1-2-22(19,20)18-10-8-12(9-11-18)14-16-15(21-17-14)13-6-4-3-5-7-13/h3-7,12H,2,8-11H2,1H3. The van der Waals surface area contributed by atoms with Gasteiger partial charge in [0.25, 0.3) is 5.89 Å². The number of hydrogen-bond donors (Lipinski definition) is 0. The Morgan fingerprint density at radius 1 is 1.23 bits per heavy atom. The molecule has 0 bridgehead atoms. The van der Waals surface area contributed by atoms with Gasteiger partial charge in [-0.1, -0.05) is 23.4 Å². The second-order valence-corrected chi connectivity index (χ2v) is 7.66. The van der Waals surface area contributed by atoms with Crippen LogP contribution in [0.4, 0.5) is 0 Å². The van der Waals surface area contributed by atoms with Crippen LogP contribution in [-0.4, -0.2) is 41.7 Å². The molecular formula is C15H19N3O3S. The third-order valence-corrected chi connectivity index (χ3v) is 5.92. The first-order valence-corrected chi connectivity index (χ1v) is 9.08. The van der Waals surface area contributed by atoms with Gasteiger partial charge in [0.15, 0.2) is 5.82 Å². The zero-order valence-corrected chi connectivity index (χ0v) is 13.3. The van der Waals surface area contributed by atoms with Crippen molar-refractivity contribution in [2.45, 2.75) is 25.7 Å². The molecule has 0 radical (unpaired) electrons. The van der Waals surface area contributed by atoms with Crippen LogP contribution in [0, 0.1) is 0 Å². The number of hydrogen-bond acceptors (Lipinski definition) is 5. The minimum absolute atomic E-state index is 0.151. The molecule has 22 heavy (non-hydrogen) atoms. The average molecular weight is 321 g/mol. The summed E-state index contributed by atoms with van der Waals surface area (Å²) in [5, 5.41) is 4.07. The van der Waals surface area contributed by atoms with Crippen molar-refractivity contribution in [2.24, 2.45) is 0 Å². The Balaban J connectivity index is 1.69.